The molecule has 1 aromatic heterocycles. The van der Waals surface area contributed by atoms with Crippen LogP contribution in [0.15, 0.2) is 53.4 Å². The molecule has 0 radical (unpaired) electrons. The number of rotatable bonds is 5. The maximum Gasteiger partial charge on any atom is 0.261 e. The van der Waals surface area contributed by atoms with Gasteiger partial charge in [0.05, 0.1) is 22.6 Å². The van der Waals surface area contributed by atoms with Gasteiger partial charge in [0.25, 0.3) is 10.0 Å². The molecule has 1 heterocycles. The van der Waals surface area contributed by atoms with Gasteiger partial charge in [-0.05, 0) is 53.6 Å². The summed E-state index contributed by atoms with van der Waals surface area (Å²) in [7, 11) is -3.81. The average molecular weight is 366 g/mol. The predicted molar refractivity (Wildman–Crippen MR) is 93.5 cm³/mol. The molecule has 2 aromatic carbocycles. The zero-order chi connectivity index (χ0) is 18.1. The highest BCUT2D eigenvalue weighted by molar-refractivity contribution is 7.92. The van der Waals surface area contributed by atoms with Crippen LogP contribution in [0.5, 0.6) is 0 Å². The summed E-state index contributed by atoms with van der Waals surface area (Å²) in [5, 5.41) is 20.7. The lowest BCUT2D eigenvalue weighted by Crippen LogP contribution is -2.13. The molecule has 0 saturated heterocycles. The highest BCUT2D eigenvalue weighted by atomic mass is 32.2. The molecule has 4 rings (SSSR count). The summed E-state index contributed by atoms with van der Waals surface area (Å²) in [6.07, 6.45) is 2.08. The van der Waals surface area contributed by atoms with E-state index in [1.54, 1.807) is 28.9 Å². The van der Waals surface area contributed by atoms with Crippen LogP contribution in [0, 0.1) is 11.3 Å². The van der Waals surface area contributed by atoms with Crippen LogP contribution in [0.1, 0.15) is 24.4 Å². The molecule has 0 atom stereocenters. The van der Waals surface area contributed by atoms with E-state index in [0.29, 0.717) is 17.6 Å². The summed E-state index contributed by atoms with van der Waals surface area (Å²) in [5.74, 6) is 0.611. The van der Waals surface area contributed by atoms with Crippen LogP contribution in [0.25, 0.3) is 11.4 Å². The van der Waals surface area contributed by atoms with Crippen molar-refractivity contribution in [2.24, 2.45) is 0 Å². The minimum absolute atomic E-state index is 0.0322. The third-order valence-corrected chi connectivity index (χ3v) is 5.41. The molecule has 1 aliphatic carbocycles. The van der Waals surface area contributed by atoms with Gasteiger partial charge in [-0.1, -0.05) is 18.2 Å². The first-order chi connectivity index (χ1) is 12.6. The minimum Gasteiger partial charge on any atom is -0.280 e. The van der Waals surface area contributed by atoms with Crippen LogP contribution in [0.3, 0.4) is 0 Å². The molecule has 9 heteroatoms. The van der Waals surface area contributed by atoms with Crippen molar-refractivity contribution < 1.29 is 8.42 Å². The fourth-order valence-corrected chi connectivity index (χ4v) is 3.71. The van der Waals surface area contributed by atoms with E-state index in [1.165, 1.54) is 18.2 Å². The Morgan fingerprint density at radius 1 is 1.15 bits per heavy atom. The van der Waals surface area contributed by atoms with Crippen LogP contribution in [-0.4, -0.2) is 28.6 Å². The molecule has 1 saturated carbocycles. The van der Waals surface area contributed by atoms with Crippen LogP contribution < -0.4 is 4.72 Å². The molecular weight excluding hydrogens is 352 g/mol. The lowest BCUT2D eigenvalue weighted by atomic mass is 10.2. The quantitative estimate of drug-likeness (QED) is 0.741. The minimum atomic E-state index is -3.81. The summed E-state index contributed by atoms with van der Waals surface area (Å²) in [6, 6.07) is 15.0. The summed E-state index contributed by atoms with van der Waals surface area (Å²) < 4.78 is 29.5. The van der Waals surface area contributed by atoms with Crippen molar-refractivity contribution in [1.82, 2.24) is 20.2 Å². The highest BCUT2D eigenvalue weighted by Gasteiger charge is 2.28. The van der Waals surface area contributed by atoms with Gasteiger partial charge >= 0.3 is 0 Å². The van der Waals surface area contributed by atoms with Crippen molar-refractivity contribution in [3.05, 3.63) is 54.1 Å². The molecule has 1 N–H and O–H groups in total. The van der Waals surface area contributed by atoms with Gasteiger partial charge in [-0.25, -0.2) is 13.1 Å². The molecule has 0 bridgehead atoms. The van der Waals surface area contributed by atoms with Crippen molar-refractivity contribution >= 4 is 15.7 Å². The number of anilines is 1. The fourth-order valence-electron chi connectivity index (χ4n) is 2.62. The van der Waals surface area contributed by atoms with Crippen molar-refractivity contribution in [3.8, 4) is 17.5 Å². The second-order valence-corrected chi connectivity index (χ2v) is 7.69. The standard InChI is InChI=1S/C17H14N6O2S/c18-11-12-3-1-6-16(9-12)26(24,25)20-14-5-2-4-13(10-14)17-19-21-22-23(17)15-7-8-15/h1-6,9-10,15,20H,7-8H2. The van der Waals surface area contributed by atoms with Crippen molar-refractivity contribution in [2.45, 2.75) is 23.8 Å². The molecule has 8 nitrogen and oxygen atoms in total. The van der Waals surface area contributed by atoms with Crippen molar-refractivity contribution in [3.63, 3.8) is 0 Å². The van der Waals surface area contributed by atoms with E-state index in [2.05, 4.69) is 20.2 Å². The van der Waals surface area contributed by atoms with Gasteiger partial charge in [0.1, 0.15) is 0 Å². The van der Waals surface area contributed by atoms with E-state index in [-0.39, 0.29) is 10.5 Å². The Bertz CT molecular complexity index is 1110. The maximum absolute atomic E-state index is 12.6. The fraction of sp³-hybridized carbons (Fsp3) is 0.176. The summed E-state index contributed by atoms with van der Waals surface area (Å²) >= 11 is 0. The Morgan fingerprint density at radius 3 is 2.73 bits per heavy atom. The molecular formula is C17H14N6O2S. The van der Waals surface area contributed by atoms with Crippen LogP contribution >= 0.6 is 0 Å². The zero-order valence-electron chi connectivity index (χ0n) is 13.6. The first-order valence-electron chi connectivity index (χ1n) is 7.98. The van der Waals surface area contributed by atoms with Gasteiger partial charge in [-0.15, -0.1) is 5.10 Å². The number of nitrogens with one attached hydrogen (secondary N) is 1. The maximum atomic E-state index is 12.6. The van der Waals surface area contributed by atoms with Crippen molar-refractivity contribution in [2.75, 3.05) is 4.72 Å². The molecule has 1 fully saturated rings. The molecule has 0 aliphatic heterocycles. The molecule has 0 unspecified atom stereocenters. The Morgan fingerprint density at radius 2 is 1.96 bits per heavy atom. The van der Waals surface area contributed by atoms with E-state index < -0.39 is 10.0 Å². The summed E-state index contributed by atoms with van der Waals surface area (Å²) in [5.41, 5.74) is 1.41. The lowest BCUT2D eigenvalue weighted by molar-refractivity contribution is 0.601. The number of sulfonamides is 1. The van der Waals surface area contributed by atoms with Gasteiger partial charge in [0.15, 0.2) is 5.82 Å². The number of nitrogens with zero attached hydrogens (tertiary/aromatic N) is 5. The lowest BCUT2D eigenvalue weighted by Gasteiger charge is -2.10. The van der Waals surface area contributed by atoms with Gasteiger partial charge in [0.2, 0.25) is 0 Å². The molecule has 0 spiro atoms. The topological polar surface area (TPSA) is 114 Å². The van der Waals surface area contributed by atoms with E-state index >= 15 is 0 Å². The Hall–Kier alpha value is -3.25. The Balaban J connectivity index is 1.64. The molecule has 26 heavy (non-hydrogen) atoms. The number of nitriles is 1. The number of tetrazole rings is 1. The monoisotopic (exact) mass is 366 g/mol. The first kappa shape index (κ1) is 16.2. The van der Waals surface area contributed by atoms with E-state index in [1.807, 2.05) is 12.1 Å². The third-order valence-electron chi connectivity index (χ3n) is 4.03. The van der Waals surface area contributed by atoms with Crippen LogP contribution in [0.2, 0.25) is 0 Å². The number of hydrogen-bond donors (Lipinski definition) is 1. The Labute approximate surface area is 150 Å². The smallest absolute Gasteiger partial charge is 0.261 e. The largest absolute Gasteiger partial charge is 0.280 e. The second kappa shape index (κ2) is 6.24. The highest BCUT2D eigenvalue weighted by Crippen LogP contribution is 2.36. The average Bonchev–Trinajstić information content (AvgIpc) is 3.38. The molecule has 3 aromatic rings. The molecule has 0 amide bonds. The third kappa shape index (κ3) is 3.14. The SMILES string of the molecule is N#Cc1cccc(S(=O)(=O)Nc2cccc(-c3nnnn3C3CC3)c2)c1. The van der Waals surface area contributed by atoms with Gasteiger partial charge in [-0.2, -0.15) is 5.26 Å². The van der Waals surface area contributed by atoms with E-state index in [9.17, 15) is 8.42 Å². The molecule has 130 valence electrons. The predicted octanol–water partition coefficient (Wildman–Crippen LogP) is 2.35. The summed E-state index contributed by atoms with van der Waals surface area (Å²) in [6.45, 7) is 0. The Kier molecular flexibility index (Phi) is 3.89. The van der Waals surface area contributed by atoms with Crippen molar-refractivity contribution in [1.29, 1.82) is 5.26 Å². The molecule has 1 aliphatic rings. The van der Waals surface area contributed by atoms with Gasteiger partial charge in [-0.3, -0.25) is 4.72 Å². The first-order valence-corrected chi connectivity index (χ1v) is 9.46. The van der Waals surface area contributed by atoms with Crippen LogP contribution in [0.4, 0.5) is 5.69 Å². The van der Waals surface area contributed by atoms with Gasteiger partial charge < -0.3 is 0 Å². The summed E-state index contributed by atoms with van der Waals surface area (Å²) in [4.78, 5) is 0.0322. The number of hydrogen-bond acceptors (Lipinski definition) is 6. The van der Waals surface area contributed by atoms with E-state index in [4.69, 9.17) is 5.26 Å². The number of aromatic nitrogens is 4. The second-order valence-electron chi connectivity index (χ2n) is 6.00. The zero-order valence-corrected chi connectivity index (χ0v) is 14.4. The van der Waals surface area contributed by atoms with Gasteiger partial charge in [0, 0.05) is 11.3 Å². The van der Waals surface area contributed by atoms with E-state index in [0.717, 1.165) is 18.4 Å². The normalized spacial score (nSPS) is 14.0. The number of benzene rings is 2. The van der Waals surface area contributed by atoms with Crippen LogP contribution in [-0.2, 0) is 10.0 Å².